The minimum atomic E-state index is -0.513. The maximum Gasteiger partial charge on any atom is 0.214 e. The molecular formula is C17H19N5OS. The van der Waals surface area contributed by atoms with Gasteiger partial charge in [0.05, 0.1) is 17.5 Å². The quantitative estimate of drug-likeness (QED) is 0.767. The number of aromatic nitrogens is 4. The van der Waals surface area contributed by atoms with Gasteiger partial charge in [0.15, 0.2) is 0 Å². The van der Waals surface area contributed by atoms with Gasteiger partial charge in [0, 0.05) is 19.6 Å². The summed E-state index contributed by atoms with van der Waals surface area (Å²) in [6, 6.07) is 12.4. The Kier molecular flexibility index (Phi) is 4.38. The van der Waals surface area contributed by atoms with E-state index in [1.54, 1.807) is 11.3 Å². The molecule has 0 unspecified atom stereocenters. The van der Waals surface area contributed by atoms with Crippen LogP contribution >= 0.6 is 11.3 Å². The van der Waals surface area contributed by atoms with Crippen molar-refractivity contribution in [2.45, 2.75) is 25.6 Å². The zero-order chi connectivity index (χ0) is 16.4. The molecule has 0 amide bonds. The van der Waals surface area contributed by atoms with E-state index in [1.165, 1.54) is 15.9 Å². The first kappa shape index (κ1) is 15.4. The van der Waals surface area contributed by atoms with Crippen LogP contribution in [0.2, 0.25) is 0 Å². The Hall–Kier alpha value is -2.09. The predicted octanol–water partition coefficient (Wildman–Crippen LogP) is 1.82. The molecule has 1 aliphatic heterocycles. The van der Waals surface area contributed by atoms with Gasteiger partial charge in [-0.2, -0.15) is 4.80 Å². The van der Waals surface area contributed by atoms with E-state index in [0.29, 0.717) is 18.9 Å². The summed E-state index contributed by atoms with van der Waals surface area (Å²) in [4.78, 5) is 4.75. The van der Waals surface area contributed by atoms with E-state index in [-0.39, 0.29) is 0 Å². The number of hydrogen-bond acceptors (Lipinski definition) is 6. The first-order valence-electron chi connectivity index (χ1n) is 8.07. The zero-order valence-corrected chi connectivity index (χ0v) is 14.1. The second-order valence-corrected chi connectivity index (χ2v) is 7.00. The number of nitrogens with zero attached hydrogens (tertiary/aromatic N) is 5. The van der Waals surface area contributed by atoms with Crippen molar-refractivity contribution in [1.82, 2.24) is 25.1 Å². The number of fused-ring (bicyclic) bond motifs is 1. The highest BCUT2D eigenvalue weighted by Crippen LogP contribution is 2.20. The Balaban J connectivity index is 1.35. The summed E-state index contributed by atoms with van der Waals surface area (Å²) in [7, 11) is 0. The number of thiophene rings is 1. The van der Waals surface area contributed by atoms with Crippen LogP contribution in [0.3, 0.4) is 0 Å². The molecule has 1 aliphatic rings. The molecule has 0 saturated heterocycles. The largest absolute Gasteiger partial charge is 0.390 e. The molecule has 0 radical (unpaired) electrons. The number of tetrazole rings is 1. The topological polar surface area (TPSA) is 67.1 Å². The van der Waals surface area contributed by atoms with Crippen LogP contribution in [0.1, 0.15) is 11.1 Å². The highest BCUT2D eigenvalue weighted by Gasteiger charge is 2.19. The molecule has 6 nitrogen and oxygen atoms in total. The third-order valence-corrected chi connectivity index (χ3v) is 5.11. The lowest BCUT2D eigenvalue weighted by Crippen LogP contribution is -2.38. The molecule has 1 aromatic carbocycles. The Morgan fingerprint density at radius 1 is 1.12 bits per heavy atom. The van der Waals surface area contributed by atoms with Crippen molar-refractivity contribution in [2.24, 2.45) is 0 Å². The average molecular weight is 341 g/mol. The van der Waals surface area contributed by atoms with Crippen LogP contribution in [0.4, 0.5) is 0 Å². The first-order chi connectivity index (χ1) is 11.8. The van der Waals surface area contributed by atoms with Crippen molar-refractivity contribution in [3.8, 4) is 10.7 Å². The number of β-amino-alcohol motifs (C(OH)–C–C–N with tert-alkyl or cyclic N) is 1. The lowest BCUT2D eigenvalue weighted by atomic mass is 10.00. The molecular weight excluding hydrogens is 322 g/mol. The molecule has 3 heterocycles. The van der Waals surface area contributed by atoms with Crippen molar-refractivity contribution in [3.05, 3.63) is 52.9 Å². The van der Waals surface area contributed by atoms with Crippen molar-refractivity contribution in [2.75, 3.05) is 13.1 Å². The van der Waals surface area contributed by atoms with Crippen LogP contribution in [0, 0.1) is 0 Å². The average Bonchev–Trinajstić information content (AvgIpc) is 3.26. The van der Waals surface area contributed by atoms with Gasteiger partial charge in [-0.3, -0.25) is 4.90 Å². The Bertz CT molecular complexity index is 801. The summed E-state index contributed by atoms with van der Waals surface area (Å²) in [6.45, 7) is 2.83. The van der Waals surface area contributed by atoms with E-state index < -0.39 is 6.10 Å². The maximum atomic E-state index is 10.4. The van der Waals surface area contributed by atoms with Gasteiger partial charge in [-0.15, -0.1) is 21.5 Å². The second-order valence-electron chi connectivity index (χ2n) is 6.05. The van der Waals surface area contributed by atoms with Gasteiger partial charge in [-0.25, -0.2) is 0 Å². The minimum Gasteiger partial charge on any atom is -0.390 e. The number of aliphatic hydroxyl groups is 1. The van der Waals surface area contributed by atoms with Crippen LogP contribution in [-0.4, -0.2) is 49.4 Å². The summed E-state index contributed by atoms with van der Waals surface area (Å²) >= 11 is 1.58. The third kappa shape index (κ3) is 3.38. The monoisotopic (exact) mass is 341 g/mol. The van der Waals surface area contributed by atoms with E-state index >= 15 is 0 Å². The van der Waals surface area contributed by atoms with Gasteiger partial charge in [0.25, 0.3) is 0 Å². The molecule has 0 saturated carbocycles. The second kappa shape index (κ2) is 6.80. The molecule has 24 heavy (non-hydrogen) atoms. The minimum absolute atomic E-state index is 0.358. The predicted molar refractivity (Wildman–Crippen MR) is 92.6 cm³/mol. The van der Waals surface area contributed by atoms with E-state index in [1.807, 2.05) is 17.5 Å². The zero-order valence-electron chi connectivity index (χ0n) is 13.2. The van der Waals surface area contributed by atoms with Crippen LogP contribution in [0.5, 0.6) is 0 Å². The van der Waals surface area contributed by atoms with Gasteiger partial charge in [0.2, 0.25) is 5.82 Å². The third-order valence-electron chi connectivity index (χ3n) is 4.25. The molecule has 2 aromatic heterocycles. The van der Waals surface area contributed by atoms with Gasteiger partial charge in [-0.05, 0) is 34.2 Å². The van der Waals surface area contributed by atoms with Crippen LogP contribution in [0.25, 0.3) is 10.7 Å². The SMILES string of the molecule is O[C@H](CN1CCc2ccccc2C1)Cn1nnc(-c2cccs2)n1. The summed E-state index contributed by atoms with van der Waals surface area (Å²) in [5.74, 6) is 0.615. The molecule has 0 fully saturated rings. The lowest BCUT2D eigenvalue weighted by molar-refractivity contribution is 0.0849. The van der Waals surface area contributed by atoms with E-state index in [4.69, 9.17) is 0 Å². The lowest BCUT2D eigenvalue weighted by Gasteiger charge is -2.30. The Labute approximate surface area is 144 Å². The molecule has 4 rings (SSSR count). The fraction of sp³-hybridized carbons (Fsp3) is 0.353. The molecule has 0 bridgehead atoms. The van der Waals surface area contributed by atoms with Crippen LogP contribution in [-0.2, 0) is 19.5 Å². The Morgan fingerprint density at radius 2 is 2.00 bits per heavy atom. The first-order valence-corrected chi connectivity index (χ1v) is 8.95. The molecule has 3 aromatic rings. The smallest absolute Gasteiger partial charge is 0.214 e. The maximum absolute atomic E-state index is 10.4. The van der Waals surface area contributed by atoms with Gasteiger partial charge < -0.3 is 5.11 Å². The molecule has 0 spiro atoms. The van der Waals surface area contributed by atoms with Crippen molar-refractivity contribution >= 4 is 11.3 Å². The normalized spacial score (nSPS) is 16.0. The van der Waals surface area contributed by atoms with Crippen molar-refractivity contribution in [3.63, 3.8) is 0 Å². The summed E-state index contributed by atoms with van der Waals surface area (Å²) in [6.07, 6.45) is 0.521. The molecule has 124 valence electrons. The van der Waals surface area contributed by atoms with Gasteiger partial charge >= 0.3 is 0 Å². The fourth-order valence-electron chi connectivity index (χ4n) is 3.08. The highest BCUT2D eigenvalue weighted by atomic mass is 32.1. The summed E-state index contributed by atoms with van der Waals surface area (Å²) in [5.41, 5.74) is 2.77. The number of rotatable bonds is 5. The van der Waals surface area contributed by atoms with E-state index in [2.05, 4.69) is 44.6 Å². The number of benzene rings is 1. The molecule has 7 heteroatoms. The fourth-order valence-corrected chi connectivity index (χ4v) is 3.73. The Morgan fingerprint density at radius 3 is 2.83 bits per heavy atom. The highest BCUT2D eigenvalue weighted by molar-refractivity contribution is 7.13. The number of aliphatic hydroxyl groups excluding tert-OH is 1. The summed E-state index contributed by atoms with van der Waals surface area (Å²) in [5, 5.41) is 24.8. The van der Waals surface area contributed by atoms with E-state index in [9.17, 15) is 5.11 Å². The molecule has 1 N–H and O–H groups in total. The standard InChI is InChI=1S/C17H19N5OS/c23-15(11-21-8-7-13-4-1-2-5-14(13)10-21)12-22-19-17(18-20-22)16-6-3-9-24-16/h1-6,9,15,23H,7-8,10-12H2/t15-/m1/s1. The summed E-state index contributed by atoms with van der Waals surface area (Å²) < 4.78 is 0. The number of hydrogen-bond donors (Lipinski definition) is 1. The molecule has 0 aliphatic carbocycles. The van der Waals surface area contributed by atoms with Crippen LogP contribution < -0.4 is 0 Å². The van der Waals surface area contributed by atoms with Gasteiger partial charge in [-0.1, -0.05) is 30.3 Å². The van der Waals surface area contributed by atoms with Crippen molar-refractivity contribution < 1.29 is 5.11 Å². The van der Waals surface area contributed by atoms with Crippen molar-refractivity contribution in [1.29, 1.82) is 0 Å². The van der Waals surface area contributed by atoms with Crippen LogP contribution in [0.15, 0.2) is 41.8 Å². The van der Waals surface area contributed by atoms with E-state index in [0.717, 1.165) is 24.4 Å². The van der Waals surface area contributed by atoms with Gasteiger partial charge in [0.1, 0.15) is 0 Å². The molecule has 1 atom stereocenters.